The average Bonchev–Trinajstić information content (AvgIpc) is 3.77. The van der Waals surface area contributed by atoms with Crippen molar-refractivity contribution in [2.24, 2.45) is 11.8 Å². The van der Waals surface area contributed by atoms with Gasteiger partial charge in [-0.25, -0.2) is 16.8 Å². The lowest BCUT2D eigenvalue weighted by Crippen LogP contribution is -2.38. The highest BCUT2D eigenvalue weighted by atomic mass is 32.3. The Bertz CT molecular complexity index is 1720. The Kier molecular flexibility index (Phi) is 8.56. The van der Waals surface area contributed by atoms with Crippen molar-refractivity contribution in [3.8, 4) is 11.1 Å². The third kappa shape index (κ3) is 6.28. The van der Waals surface area contributed by atoms with Crippen LogP contribution in [0.2, 0.25) is 0 Å². The van der Waals surface area contributed by atoms with Gasteiger partial charge in [0.25, 0.3) is 20.0 Å². The molecule has 0 unspecified atom stereocenters. The maximum atomic E-state index is 13.7. The second kappa shape index (κ2) is 12.0. The van der Waals surface area contributed by atoms with Gasteiger partial charge in [-0.05, 0) is 98.9 Å². The Morgan fingerprint density at radius 2 is 1.14 bits per heavy atom. The van der Waals surface area contributed by atoms with Crippen LogP contribution in [-0.2, 0) is 20.0 Å². The molecule has 0 saturated heterocycles. The molecule has 4 aromatic carbocycles. The smallest absolute Gasteiger partial charge is 0.206 e. The Morgan fingerprint density at radius 1 is 0.667 bits per heavy atom. The first-order valence-electron chi connectivity index (χ1n) is 14.2. The molecule has 5 rings (SSSR count). The van der Waals surface area contributed by atoms with Gasteiger partial charge in [0.1, 0.15) is 0 Å². The number of allylic oxidation sites excluding steroid dienone is 2. The molecule has 1 aliphatic rings. The lowest BCUT2D eigenvalue weighted by molar-refractivity contribution is 0.479. The minimum absolute atomic E-state index is 0.0259. The lowest BCUT2D eigenvalue weighted by Gasteiger charge is -2.22. The molecular formula is C35H37NO4S2. The van der Waals surface area contributed by atoms with Gasteiger partial charge in [-0.3, -0.25) is 0 Å². The number of hydrogen-bond acceptors (Lipinski definition) is 4. The minimum Gasteiger partial charge on any atom is -0.206 e. The number of rotatable bonds is 10. The summed E-state index contributed by atoms with van der Waals surface area (Å²) in [5.74, 6) is 0.511. The topological polar surface area (TPSA) is 71.5 Å². The molecule has 218 valence electrons. The number of benzene rings is 4. The van der Waals surface area contributed by atoms with Crippen molar-refractivity contribution in [3.63, 3.8) is 0 Å². The van der Waals surface area contributed by atoms with Crippen LogP contribution in [-0.4, -0.2) is 27.1 Å². The number of sulfonamides is 2. The van der Waals surface area contributed by atoms with E-state index in [1.807, 2.05) is 32.0 Å². The monoisotopic (exact) mass is 599 g/mol. The van der Waals surface area contributed by atoms with E-state index < -0.39 is 20.0 Å². The van der Waals surface area contributed by atoms with Crippen LogP contribution in [0.25, 0.3) is 16.7 Å². The molecule has 1 aliphatic carbocycles. The van der Waals surface area contributed by atoms with E-state index in [0.717, 1.165) is 23.1 Å². The third-order valence-corrected chi connectivity index (χ3v) is 12.7. The summed E-state index contributed by atoms with van der Waals surface area (Å²) >= 11 is 0. The van der Waals surface area contributed by atoms with Crippen LogP contribution in [0, 0.1) is 25.7 Å². The number of aryl methyl sites for hydroxylation is 2. The van der Waals surface area contributed by atoms with Crippen LogP contribution in [0.4, 0.5) is 0 Å². The second-order valence-electron chi connectivity index (χ2n) is 11.3. The molecule has 4 aromatic rings. The first-order valence-corrected chi connectivity index (χ1v) is 17.1. The fraction of sp³-hybridized carbons (Fsp3) is 0.257. The first kappa shape index (κ1) is 30.0. The van der Waals surface area contributed by atoms with Gasteiger partial charge in [-0.1, -0.05) is 99.3 Å². The third-order valence-electron chi connectivity index (χ3n) is 8.35. The molecule has 7 heteroatoms. The van der Waals surface area contributed by atoms with Gasteiger partial charge in [0.05, 0.1) is 9.79 Å². The van der Waals surface area contributed by atoms with Crippen molar-refractivity contribution < 1.29 is 16.8 Å². The fourth-order valence-corrected chi connectivity index (χ4v) is 9.11. The molecule has 0 heterocycles. The van der Waals surface area contributed by atoms with E-state index in [1.54, 1.807) is 24.3 Å². The van der Waals surface area contributed by atoms with E-state index in [-0.39, 0.29) is 22.3 Å². The normalized spacial score (nSPS) is 17.6. The summed E-state index contributed by atoms with van der Waals surface area (Å²) in [6, 6.07) is 31.5. The molecule has 5 nitrogen and oxygen atoms in total. The Balaban J connectivity index is 1.35. The molecule has 2 atom stereocenters. The van der Waals surface area contributed by atoms with Crippen LogP contribution in [0.1, 0.15) is 43.4 Å². The highest BCUT2D eigenvalue weighted by Crippen LogP contribution is 2.48. The zero-order valence-electron chi connectivity index (χ0n) is 24.5. The van der Waals surface area contributed by atoms with Crippen LogP contribution >= 0.6 is 0 Å². The molecule has 1 saturated carbocycles. The number of nitrogens with zero attached hydrogens (tertiary/aromatic N) is 1. The summed E-state index contributed by atoms with van der Waals surface area (Å²) in [5, 5.41) is 0. The Hall–Kier alpha value is -3.52. The average molecular weight is 600 g/mol. The molecule has 1 fully saturated rings. The minimum atomic E-state index is -4.29. The SMILES string of the molecule is C/C(=C(/C)[C@H]1C[C@@H]1CCN(S(=O)(=O)c1ccc(C)cc1)S(=O)(=O)c1ccc(C)cc1)c1ccc(-c2ccccc2)cc1. The molecule has 42 heavy (non-hydrogen) atoms. The van der Waals surface area contributed by atoms with E-state index in [4.69, 9.17) is 0 Å². The Morgan fingerprint density at radius 3 is 1.64 bits per heavy atom. The number of hydrogen-bond donors (Lipinski definition) is 0. The zero-order valence-corrected chi connectivity index (χ0v) is 26.1. The quantitative estimate of drug-likeness (QED) is 0.186. The van der Waals surface area contributed by atoms with E-state index in [9.17, 15) is 16.8 Å². The van der Waals surface area contributed by atoms with Crippen molar-refractivity contribution in [1.29, 1.82) is 0 Å². The van der Waals surface area contributed by atoms with Gasteiger partial charge in [-0.2, -0.15) is 0 Å². The predicted molar refractivity (Wildman–Crippen MR) is 170 cm³/mol. The summed E-state index contributed by atoms with van der Waals surface area (Å²) in [5.41, 5.74) is 7.77. The zero-order chi connectivity index (χ0) is 30.1. The fourth-order valence-electron chi connectivity index (χ4n) is 5.44. The molecule has 0 aliphatic heterocycles. The largest absolute Gasteiger partial charge is 0.256 e. The maximum absolute atomic E-state index is 13.7. The van der Waals surface area contributed by atoms with Gasteiger partial charge in [0.2, 0.25) is 0 Å². The highest BCUT2D eigenvalue weighted by Gasteiger charge is 2.42. The van der Waals surface area contributed by atoms with Crippen molar-refractivity contribution in [2.75, 3.05) is 6.54 Å². The molecular weight excluding hydrogens is 563 g/mol. The van der Waals surface area contributed by atoms with Crippen molar-refractivity contribution in [1.82, 2.24) is 3.71 Å². The molecule has 0 bridgehead atoms. The second-order valence-corrected chi connectivity index (χ2v) is 15.2. The molecule has 0 N–H and O–H groups in total. The van der Waals surface area contributed by atoms with E-state index >= 15 is 0 Å². The van der Waals surface area contributed by atoms with Crippen LogP contribution in [0.3, 0.4) is 0 Å². The van der Waals surface area contributed by atoms with Gasteiger partial charge in [0.15, 0.2) is 0 Å². The van der Waals surface area contributed by atoms with Gasteiger partial charge < -0.3 is 0 Å². The summed E-state index contributed by atoms with van der Waals surface area (Å²) in [6.45, 7) is 7.87. The summed E-state index contributed by atoms with van der Waals surface area (Å²) in [4.78, 5) is -0.0518. The maximum Gasteiger partial charge on any atom is 0.256 e. The van der Waals surface area contributed by atoms with Gasteiger partial charge in [0, 0.05) is 6.54 Å². The van der Waals surface area contributed by atoms with Crippen molar-refractivity contribution >= 4 is 25.6 Å². The van der Waals surface area contributed by atoms with Crippen LogP contribution in [0.5, 0.6) is 0 Å². The van der Waals surface area contributed by atoms with Gasteiger partial charge in [-0.15, -0.1) is 0 Å². The molecule has 0 radical (unpaired) electrons. The summed E-state index contributed by atoms with van der Waals surface area (Å²) in [6.07, 6.45) is 1.37. The van der Waals surface area contributed by atoms with E-state index in [0.29, 0.717) is 16.0 Å². The van der Waals surface area contributed by atoms with Crippen LogP contribution in [0.15, 0.2) is 118 Å². The van der Waals surface area contributed by atoms with Crippen LogP contribution < -0.4 is 0 Å². The van der Waals surface area contributed by atoms with E-state index in [2.05, 4.69) is 50.2 Å². The summed E-state index contributed by atoms with van der Waals surface area (Å²) < 4.78 is 55.7. The molecule has 0 aromatic heterocycles. The van der Waals surface area contributed by atoms with E-state index in [1.165, 1.54) is 46.5 Å². The predicted octanol–water partition coefficient (Wildman–Crippen LogP) is 7.87. The van der Waals surface area contributed by atoms with Crippen molar-refractivity contribution in [3.05, 3.63) is 125 Å². The summed E-state index contributed by atoms with van der Waals surface area (Å²) in [7, 11) is -8.58. The van der Waals surface area contributed by atoms with Gasteiger partial charge >= 0.3 is 0 Å². The molecule has 0 amide bonds. The molecule has 0 spiro atoms. The lowest BCUT2D eigenvalue weighted by atomic mass is 9.96. The van der Waals surface area contributed by atoms with Crippen molar-refractivity contribution in [2.45, 2.75) is 50.3 Å². The Labute approximate surface area is 250 Å². The first-order chi connectivity index (χ1) is 20.0. The standard InChI is InChI=1S/C35H37NO4S2/c1-25-10-18-33(19-11-25)41(37,38)36(42(39,40)34-20-12-26(2)13-21-34)23-22-32-24-35(32)28(4)27(3)29-14-16-31(17-15-29)30-8-6-5-7-9-30/h5-21,32,35H,22-24H2,1-4H3/b28-27+/t32-,35+/m0/s1. The highest BCUT2D eigenvalue weighted by molar-refractivity contribution is 8.04.